The molecule has 2 aliphatic carbocycles. The molecule has 2 saturated carbocycles. The molecule has 0 bridgehead atoms. The van der Waals surface area contributed by atoms with Gasteiger partial charge in [0.15, 0.2) is 0 Å². The molecule has 4 atom stereocenters. The summed E-state index contributed by atoms with van der Waals surface area (Å²) in [5, 5.41) is 11.4. The molecule has 0 spiro atoms. The first-order valence-electron chi connectivity index (χ1n) is 7.11. The predicted molar refractivity (Wildman–Crippen MR) is 76.4 cm³/mol. The third kappa shape index (κ3) is 2.70. The molecule has 0 radical (unpaired) electrons. The zero-order valence-electron chi connectivity index (χ0n) is 10.9. The quantitative estimate of drug-likeness (QED) is 0.487. The van der Waals surface area contributed by atoms with E-state index in [1.165, 1.54) is 30.1 Å². The summed E-state index contributed by atoms with van der Waals surface area (Å²) in [6.45, 7) is 0. The van der Waals surface area contributed by atoms with Crippen molar-refractivity contribution in [2.45, 2.75) is 43.0 Å². The molecule has 0 aromatic heterocycles. The Morgan fingerprint density at radius 1 is 1.16 bits per heavy atom. The molecule has 2 unspecified atom stereocenters. The molecule has 0 amide bonds. The van der Waals surface area contributed by atoms with Gasteiger partial charge in [0.25, 0.3) is 0 Å². The zero-order valence-corrected chi connectivity index (χ0v) is 12.6. The van der Waals surface area contributed by atoms with Gasteiger partial charge in [-0.2, -0.15) is 0 Å². The molecule has 0 N–H and O–H groups in total. The Hall–Kier alpha value is -0.861. The van der Waals surface area contributed by atoms with Crippen molar-refractivity contribution in [1.29, 1.82) is 0 Å². The fourth-order valence-corrected chi connectivity index (χ4v) is 6.93. The van der Waals surface area contributed by atoms with Crippen LogP contribution >= 0.6 is 0 Å². The zero-order chi connectivity index (χ0) is 13.2. The van der Waals surface area contributed by atoms with E-state index in [4.69, 9.17) is 0 Å². The monoisotopic (exact) mass is 325 g/mol. The van der Waals surface area contributed by atoms with Crippen LogP contribution < -0.4 is 4.46 Å². The van der Waals surface area contributed by atoms with Gasteiger partial charge in [-0.25, -0.2) is 0 Å². The van der Waals surface area contributed by atoms with E-state index < -0.39 is 0 Å². The van der Waals surface area contributed by atoms with Crippen molar-refractivity contribution >= 4 is 19.4 Å². The van der Waals surface area contributed by atoms with Gasteiger partial charge >= 0.3 is 120 Å². The Kier molecular flexibility index (Phi) is 3.90. The second kappa shape index (κ2) is 5.64. The van der Waals surface area contributed by atoms with E-state index in [-0.39, 0.29) is 25.9 Å². The van der Waals surface area contributed by atoms with Gasteiger partial charge in [0.2, 0.25) is 0 Å². The summed E-state index contributed by atoms with van der Waals surface area (Å²) < 4.78 is 1.32. The second-order valence-electron chi connectivity index (χ2n) is 5.69. The number of rotatable bonds is 3. The molecule has 0 aliphatic heterocycles. The molecule has 1 aromatic carbocycles. The van der Waals surface area contributed by atoms with E-state index >= 15 is 0 Å². The van der Waals surface area contributed by atoms with Gasteiger partial charge < -0.3 is 0 Å². The molecule has 0 saturated heterocycles. The molecular weight excluding hydrogens is 305 g/mol. The summed E-state index contributed by atoms with van der Waals surface area (Å²) in [6, 6.07) is 10.1. The number of benzene rings is 1. The van der Waals surface area contributed by atoms with Crippen molar-refractivity contribution in [2.75, 3.05) is 0 Å². The van der Waals surface area contributed by atoms with E-state index in [1.807, 2.05) is 18.2 Å². The van der Waals surface area contributed by atoms with Gasteiger partial charge in [-0.15, -0.1) is 0 Å². The van der Waals surface area contributed by atoms with Gasteiger partial charge in [-0.1, -0.05) is 0 Å². The predicted octanol–water partition coefficient (Wildman–Crippen LogP) is 2.66. The third-order valence-electron chi connectivity index (χ3n) is 4.60. The standard InChI is InChI=1S/C15H19NO2Se/c17-16(18)14-10-11-6-4-5-9-13(11)15(14)19-12-7-2-1-3-8-12/h1-3,7-8,11,13-15H,4-6,9-10H2/t11-,13+,14?,15?/m1/s1. The first-order valence-corrected chi connectivity index (χ1v) is 8.95. The molecule has 3 nitrogen and oxygen atoms in total. The summed E-state index contributed by atoms with van der Waals surface area (Å²) >= 11 is 0.246. The summed E-state index contributed by atoms with van der Waals surface area (Å²) in [5.41, 5.74) is 0. The van der Waals surface area contributed by atoms with E-state index in [0.717, 1.165) is 6.42 Å². The molecule has 2 fully saturated rings. The van der Waals surface area contributed by atoms with Crippen molar-refractivity contribution in [3.63, 3.8) is 0 Å². The Morgan fingerprint density at radius 3 is 2.63 bits per heavy atom. The van der Waals surface area contributed by atoms with E-state index in [1.54, 1.807) is 0 Å². The Balaban J connectivity index is 1.80. The van der Waals surface area contributed by atoms with Crippen molar-refractivity contribution in [1.82, 2.24) is 0 Å². The molecule has 19 heavy (non-hydrogen) atoms. The minimum atomic E-state index is -0.284. The first-order chi connectivity index (χ1) is 9.25. The molecular formula is C15H19NO2Se. The average molecular weight is 324 g/mol. The molecule has 102 valence electrons. The minimum absolute atomic E-state index is 0.00762. The number of nitrogens with zero attached hydrogens (tertiary/aromatic N) is 1. The van der Waals surface area contributed by atoms with Crippen molar-refractivity contribution in [3.8, 4) is 0 Å². The van der Waals surface area contributed by atoms with Crippen LogP contribution in [0.25, 0.3) is 0 Å². The summed E-state index contributed by atoms with van der Waals surface area (Å²) in [4.78, 5) is 11.7. The summed E-state index contributed by atoms with van der Waals surface area (Å²) in [5.74, 6) is 1.24. The van der Waals surface area contributed by atoms with Gasteiger partial charge in [0.1, 0.15) is 0 Å². The summed E-state index contributed by atoms with van der Waals surface area (Å²) in [7, 11) is 0. The number of hydrogen-bond donors (Lipinski definition) is 0. The van der Waals surface area contributed by atoms with Crippen molar-refractivity contribution in [2.24, 2.45) is 11.8 Å². The fourth-order valence-electron chi connectivity index (χ4n) is 3.72. The topological polar surface area (TPSA) is 43.1 Å². The van der Waals surface area contributed by atoms with Crippen LogP contribution in [-0.2, 0) is 0 Å². The molecule has 1 aromatic rings. The molecule has 4 heteroatoms. The van der Waals surface area contributed by atoms with Gasteiger partial charge in [-0.3, -0.25) is 0 Å². The van der Waals surface area contributed by atoms with Crippen molar-refractivity contribution in [3.05, 3.63) is 40.4 Å². The van der Waals surface area contributed by atoms with Gasteiger partial charge in [0.05, 0.1) is 0 Å². The average Bonchev–Trinajstić information content (AvgIpc) is 2.79. The maximum absolute atomic E-state index is 11.4. The number of fused-ring (bicyclic) bond motifs is 1. The van der Waals surface area contributed by atoms with E-state index in [9.17, 15) is 10.1 Å². The van der Waals surface area contributed by atoms with Crippen LogP contribution in [0, 0.1) is 22.0 Å². The Morgan fingerprint density at radius 2 is 1.89 bits per heavy atom. The van der Waals surface area contributed by atoms with Crippen LogP contribution in [0.2, 0.25) is 4.82 Å². The van der Waals surface area contributed by atoms with Crippen LogP contribution in [0.3, 0.4) is 0 Å². The SMILES string of the molecule is O=[N+]([O-])C1C[C@H]2CCCC[C@@H]2C1[Se]c1ccccc1. The van der Waals surface area contributed by atoms with Crippen LogP contribution in [0.15, 0.2) is 30.3 Å². The third-order valence-corrected chi connectivity index (χ3v) is 7.71. The van der Waals surface area contributed by atoms with E-state index in [2.05, 4.69) is 12.1 Å². The number of hydrogen-bond acceptors (Lipinski definition) is 2. The molecule has 3 rings (SSSR count). The van der Waals surface area contributed by atoms with Gasteiger partial charge in [-0.05, 0) is 0 Å². The van der Waals surface area contributed by atoms with Crippen LogP contribution in [0.5, 0.6) is 0 Å². The summed E-state index contributed by atoms with van der Waals surface area (Å²) in [6.07, 6.45) is 5.81. The fraction of sp³-hybridized carbons (Fsp3) is 0.600. The first kappa shape index (κ1) is 13.1. The second-order valence-corrected chi connectivity index (χ2v) is 8.32. The maximum atomic E-state index is 11.4. The van der Waals surface area contributed by atoms with Crippen LogP contribution in [0.4, 0.5) is 0 Å². The molecule has 0 heterocycles. The van der Waals surface area contributed by atoms with Crippen LogP contribution in [0.1, 0.15) is 32.1 Å². The van der Waals surface area contributed by atoms with E-state index in [0.29, 0.717) is 16.7 Å². The van der Waals surface area contributed by atoms with Crippen LogP contribution in [-0.4, -0.2) is 25.9 Å². The molecule has 2 aliphatic rings. The Bertz CT molecular complexity index is 451. The normalized spacial score (nSPS) is 33.9. The number of nitro groups is 1. The van der Waals surface area contributed by atoms with Crippen molar-refractivity contribution < 1.29 is 4.92 Å². The Labute approximate surface area is 120 Å². The van der Waals surface area contributed by atoms with Gasteiger partial charge in [0, 0.05) is 0 Å².